The topological polar surface area (TPSA) is 101 Å². The Hall–Kier alpha value is -2.56. The van der Waals surface area contributed by atoms with E-state index in [2.05, 4.69) is 4.98 Å². The minimum Gasteiger partial charge on any atom is -0.478 e. The van der Waals surface area contributed by atoms with E-state index in [1.807, 2.05) is 4.72 Å². The molecule has 0 unspecified atom stereocenters. The number of carbonyl (C=O) groups is 1. The van der Waals surface area contributed by atoms with Gasteiger partial charge < -0.3 is 9.67 Å². The van der Waals surface area contributed by atoms with Crippen LogP contribution in [0.4, 0.5) is 18.9 Å². The highest BCUT2D eigenvalue weighted by molar-refractivity contribution is 7.92. The molecule has 0 aliphatic carbocycles. The summed E-state index contributed by atoms with van der Waals surface area (Å²) in [5.74, 6) is -1.16. The smallest absolute Gasteiger partial charge is 0.417 e. The zero-order valence-electron chi connectivity index (χ0n) is 12.5. The van der Waals surface area contributed by atoms with Crippen LogP contribution in [-0.2, 0) is 29.2 Å². The van der Waals surface area contributed by atoms with Crippen LogP contribution in [-0.4, -0.2) is 29.0 Å². The van der Waals surface area contributed by atoms with Crippen molar-refractivity contribution in [3.8, 4) is 0 Å². The third-order valence-corrected chi connectivity index (χ3v) is 5.15. The molecule has 2 N–H and O–H groups in total. The number of nitrogens with zero attached hydrogens (tertiary/aromatic N) is 2. The van der Waals surface area contributed by atoms with Crippen LogP contribution in [0.5, 0.6) is 0 Å². The number of imidazole rings is 1. The van der Waals surface area contributed by atoms with Crippen molar-refractivity contribution < 1.29 is 31.5 Å². The van der Waals surface area contributed by atoms with Gasteiger partial charge in [-0.3, -0.25) is 4.72 Å². The van der Waals surface area contributed by atoms with Crippen LogP contribution in [0.1, 0.15) is 28.2 Å². The number of benzene rings is 1. The highest BCUT2D eigenvalue weighted by atomic mass is 32.2. The van der Waals surface area contributed by atoms with Crippen LogP contribution in [0.25, 0.3) is 0 Å². The monoisotopic (exact) mass is 375 g/mol. The number of carboxylic acid groups (broad SMARTS) is 1. The normalized spacial score (nSPS) is 14.4. The Balaban J connectivity index is 1.99. The molecular formula is C14H12F3N3O4S. The Morgan fingerprint density at radius 1 is 1.32 bits per heavy atom. The number of hydrogen-bond donors (Lipinski definition) is 2. The van der Waals surface area contributed by atoms with E-state index in [1.165, 1.54) is 4.57 Å². The molecule has 0 radical (unpaired) electrons. The fourth-order valence-corrected chi connectivity index (χ4v) is 3.90. The molecule has 1 aromatic carbocycles. The van der Waals surface area contributed by atoms with E-state index in [0.29, 0.717) is 30.9 Å². The number of aryl methyl sites for hydroxylation is 1. The van der Waals surface area contributed by atoms with E-state index in [9.17, 15) is 26.4 Å². The van der Waals surface area contributed by atoms with Crippen molar-refractivity contribution in [3.63, 3.8) is 0 Å². The lowest BCUT2D eigenvalue weighted by Crippen LogP contribution is -2.18. The van der Waals surface area contributed by atoms with Crippen molar-refractivity contribution in [1.29, 1.82) is 0 Å². The number of fused-ring (bicyclic) bond motifs is 1. The van der Waals surface area contributed by atoms with Gasteiger partial charge in [0, 0.05) is 18.7 Å². The van der Waals surface area contributed by atoms with Gasteiger partial charge in [-0.15, -0.1) is 0 Å². The number of anilines is 1. The van der Waals surface area contributed by atoms with Gasteiger partial charge in [-0.05, 0) is 24.6 Å². The molecule has 3 rings (SSSR count). The van der Waals surface area contributed by atoms with Crippen LogP contribution < -0.4 is 4.72 Å². The lowest BCUT2D eigenvalue weighted by Gasteiger charge is -2.14. The van der Waals surface area contributed by atoms with Crippen LogP contribution in [0.3, 0.4) is 0 Å². The number of aromatic carboxylic acids is 1. The van der Waals surface area contributed by atoms with Crippen LogP contribution in [0.2, 0.25) is 0 Å². The number of alkyl halides is 3. The third-order valence-electron chi connectivity index (χ3n) is 3.77. The third kappa shape index (κ3) is 3.18. The van der Waals surface area contributed by atoms with Crippen LogP contribution in [0, 0.1) is 0 Å². The van der Waals surface area contributed by atoms with Crippen molar-refractivity contribution in [1.82, 2.24) is 9.55 Å². The van der Waals surface area contributed by atoms with Gasteiger partial charge in [0.15, 0.2) is 5.03 Å². The molecule has 25 heavy (non-hydrogen) atoms. The molecule has 0 saturated heterocycles. The summed E-state index contributed by atoms with van der Waals surface area (Å²) in [6.45, 7) is 0.456. The Morgan fingerprint density at radius 3 is 2.68 bits per heavy atom. The summed E-state index contributed by atoms with van der Waals surface area (Å²) in [5.41, 5.74) is -2.77. The zero-order valence-corrected chi connectivity index (χ0v) is 13.4. The van der Waals surface area contributed by atoms with E-state index in [0.717, 1.165) is 18.7 Å². The van der Waals surface area contributed by atoms with Gasteiger partial charge in [0.25, 0.3) is 10.0 Å². The maximum absolute atomic E-state index is 13.0. The van der Waals surface area contributed by atoms with Gasteiger partial charge in [-0.25, -0.2) is 9.78 Å². The molecule has 0 saturated carbocycles. The fourth-order valence-electron chi connectivity index (χ4n) is 2.68. The highest BCUT2D eigenvalue weighted by Crippen LogP contribution is 2.34. The number of hydrogen-bond acceptors (Lipinski definition) is 4. The molecule has 7 nitrogen and oxygen atoms in total. The maximum atomic E-state index is 13.0. The number of aromatic nitrogens is 2. The van der Waals surface area contributed by atoms with Gasteiger partial charge in [-0.2, -0.15) is 21.6 Å². The second-order valence-electron chi connectivity index (χ2n) is 5.44. The maximum Gasteiger partial charge on any atom is 0.417 e. The summed E-state index contributed by atoms with van der Waals surface area (Å²) in [4.78, 5) is 14.9. The first-order valence-electron chi connectivity index (χ1n) is 7.11. The van der Waals surface area contributed by atoms with Crippen LogP contribution >= 0.6 is 0 Å². The average Bonchev–Trinajstić information content (AvgIpc) is 3.07. The van der Waals surface area contributed by atoms with Gasteiger partial charge in [0.2, 0.25) is 0 Å². The molecule has 2 heterocycles. The summed E-state index contributed by atoms with van der Waals surface area (Å²) in [6.07, 6.45) is -2.43. The number of sulfonamides is 1. The van der Waals surface area contributed by atoms with E-state index >= 15 is 0 Å². The average molecular weight is 375 g/mol. The molecule has 0 spiro atoms. The van der Waals surface area contributed by atoms with Crippen molar-refractivity contribution in [2.45, 2.75) is 30.6 Å². The van der Waals surface area contributed by atoms with Gasteiger partial charge in [0.05, 0.1) is 17.3 Å². The number of carboxylic acids is 1. The molecule has 0 fully saturated rings. The first-order chi connectivity index (χ1) is 11.6. The zero-order chi connectivity index (χ0) is 18.4. The van der Waals surface area contributed by atoms with Crippen LogP contribution in [0.15, 0.2) is 29.4 Å². The molecule has 134 valence electrons. The highest BCUT2D eigenvalue weighted by Gasteiger charge is 2.36. The van der Waals surface area contributed by atoms with Crippen molar-refractivity contribution >= 4 is 21.7 Å². The molecular weight excluding hydrogens is 363 g/mol. The lowest BCUT2D eigenvalue weighted by atomic mass is 10.1. The van der Waals surface area contributed by atoms with E-state index in [1.54, 1.807) is 0 Å². The minimum absolute atomic E-state index is 0.143. The Morgan fingerprint density at radius 2 is 2.04 bits per heavy atom. The second kappa shape index (κ2) is 5.76. The fraction of sp³-hybridized carbons (Fsp3) is 0.286. The number of nitrogens with one attached hydrogen (secondary N) is 1. The van der Waals surface area contributed by atoms with Crippen molar-refractivity contribution in [2.75, 3.05) is 4.72 Å². The molecule has 11 heteroatoms. The largest absolute Gasteiger partial charge is 0.478 e. The SMILES string of the molecule is O=C(O)c1ccc(NS(=O)(=O)c2cnc3n2CCC3)cc1C(F)(F)F. The first kappa shape index (κ1) is 17.3. The lowest BCUT2D eigenvalue weighted by molar-refractivity contribution is -0.138. The Bertz CT molecular complexity index is 951. The Kier molecular flexibility index (Phi) is 3.98. The van der Waals surface area contributed by atoms with Gasteiger partial charge >= 0.3 is 12.1 Å². The van der Waals surface area contributed by atoms with E-state index < -0.39 is 33.3 Å². The molecule has 0 amide bonds. The summed E-state index contributed by atoms with van der Waals surface area (Å²) >= 11 is 0. The molecule has 1 aliphatic rings. The number of halogens is 3. The standard InChI is InChI=1S/C14H12F3N3O4S/c15-14(16,17)10-6-8(3-4-9(10)13(21)22)19-25(23,24)12-7-18-11-2-1-5-20(11)12/h3-4,6-7,19H,1-2,5H2,(H,21,22). The summed E-state index contributed by atoms with van der Waals surface area (Å²) in [5, 5.41) is 8.72. The van der Waals surface area contributed by atoms with Crippen molar-refractivity contribution in [3.05, 3.63) is 41.3 Å². The molecule has 1 aliphatic heterocycles. The molecule has 0 atom stereocenters. The summed E-state index contributed by atoms with van der Waals surface area (Å²) in [6, 6.07) is 2.14. The minimum atomic E-state index is -4.94. The summed E-state index contributed by atoms with van der Waals surface area (Å²) in [7, 11) is -4.15. The molecule has 2 aromatic rings. The van der Waals surface area contributed by atoms with Crippen molar-refractivity contribution in [2.24, 2.45) is 0 Å². The van der Waals surface area contributed by atoms with Gasteiger partial charge in [-0.1, -0.05) is 0 Å². The first-order valence-corrected chi connectivity index (χ1v) is 8.59. The summed E-state index contributed by atoms with van der Waals surface area (Å²) < 4.78 is 67.5. The predicted octanol–water partition coefficient (Wildman–Crippen LogP) is 2.35. The molecule has 0 bridgehead atoms. The Labute approximate surface area is 140 Å². The quantitative estimate of drug-likeness (QED) is 0.854. The van der Waals surface area contributed by atoms with E-state index in [-0.39, 0.29) is 10.7 Å². The predicted molar refractivity (Wildman–Crippen MR) is 79.8 cm³/mol. The molecule has 1 aromatic heterocycles. The van der Waals surface area contributed by atoms with E-state index in [4.69, 9.17) is 5.11 Å². The second-order valence-corrected chi connectivity index (χ2v) is 7.07. The number of rotatable bonds is 4. The van der Waals surface area contributed by atoms with Gasteiger partial charge in [0.1, 0.15) is 5.82 Å².